The molecule has 0 aromatic heterocycles. The highest BCUT2D eigenvalue weighted by Gasteiger charge is 2.36. The molecular weight excluding hydrogens is 244 g/mol. The maximum absolute atomic E-state index is 12.7. The van der Waals surface area contributed by atoms with Crippen molar-refractivity contribution in [3.8, 4) is 0 Å². The number of benzene rings is 1. The highest BCUT2D eigenvalue weighted by molar-refractivity contribution is 5.84. The summed E-state index contributed by atoms with van der Waals surface area (Å²) in [4.78, 5) is 12.7. The van der Waals surface area contributed by atoms with Gasteiger partial charge in [-0.05, 0) is 54.2 Å². The van der Waals surface area contributed by atoms with Gasteiger partial charge in [0.15, 0.2) is 0 Å². The number of carbonyl (C=O) groups is 1. The van der Waals surface area contributed by atoms with Crippen LogP contribution in [-0.2, 0) is 24.1 Å². The van der Waals surface area contributed by atoms with E-state index in [9.17, 15) is 4.79 Å². The maximum atomic E-state index is 12.7. The molecule has 0 aliphatic heterocycles. The normalized spacial score (nSPS) is 24.4. The maximum Gasteiger partial charge on any atom is 0.140 e. The van der Waals surface area contributed by atoms with Gasteiger partial charge in [-0.2, -0.15) is 0 Å². The minimum Gasteiger partial charge on any atom is -0.299 e. The summed E-state index contributed by atoms with van der Waals surface area (Å²) in [6, 6.07) is 6.71. The summed E-state index contributed by atoms with van der Waals surface area (Å²) in [5.74, 6) is 0.733. The van der Waals surface area contributed by atoms with Crippen LogP contribution in [0.3, 0.4) is 0 Å². The van der Waals surface area contributed by atoms with E-state index in [2.05, 4.69) is 32.0 Å². The smallest absolute Gasteiger partial charge is 0.140 e. The van der Waals surface area contributed by atoms with Crippen molar-refractivity contribution in [3.63, 3.8) is 0 Å². The van der Waals surface area contributed by atoms with Crippen molar-refractivity contribution in [2.75, 3.05) is 0 Å². The second-order valence-electron chi connectivity index (χ2n) is 7.39. The zero-order valence-electron chi connectivity index (χ0n) is 12.9. The van der Waals surface area contributed by atoms with Crippen LogP contribution in [0.4, 0.5) is 0 Å². The lowest BCUT2D eigenvalue weighted by Crippen LogP contribution is -2.34. The number of hydrogen-bond acceptors (Lipinski definition) is 1. The molecule has 0 bridgehead atoms. The molecule has 0 N–H and O–H groups in total. The zero-order valence-corrected chi connectivity index (χ0v) is 12.9. The number of rotatable bonds is 3. The Balaban J connectivity index is 1.72. The Labute approximate surface area is 122 Å². The molecule has 108 valence electrons. The van der Waals surface area contributed by atoms with E-state index >= 15 is 0 Å². The van der Waals surface area contributed by atoms with Crippen LogP contribution in [0, 0.1) is 11.3 Å². The van der Waals surface area contributed by atoms with Crippen LogP contribution in [0.25, 0.3) is 0 Å². The Morgan fingerprint density at radius 2 is 1.95 bits per heavy atom. The summed E-state index contributed by atoms with van der Waals surface area (Å²) in [6.07, 6.45) is 9.15. The second-order valence-corrected chi connectivity index (χ2v) is 7.39. The van der Waals surface area contributed by atoms with Crippen molar-refractivity contribution in [1.29, 1.82) is 0 Å². The van der Waals surface area contributed by atoms with Gasteiger partial charge in [0.2, 0.25) is 0 Å². The van der Waals surface area contributed by atoms with Crippen LogP contribution in [-0.4, -0.2) is 5.78 Å². The molecule has 1 fully saturated rings. The molecule has 0 radical (unpaired) electrons. The molecule has 1 nitrogen and oxygen atoms in total. The fourth-order valence-corrected chi connectivity index (χ4v) is 4.15. The summed E-state index contributed by atoms with van der Waals surface area (Å²) >= 11 is 0. The van der Waals surface area contributed by atoms with E-state index in [-0.39, 0.29) is 11.3 Å². The van der Waals surface area contributed by atoms with E-state index in [1.54, 1.807) is 0 Å². The lowest BCUT2D eigenvalue weighted by atomic mass is 9.66. The lowest BCUT2D eigenvalue weighted by Gasteiger charge is -2.37. The number of ketones is 1. The average Bonchev–Trinajstić information content (AvgIpc) is 2.85. The Bertz CT molecular complexity index is 512. The van der Waals surface area contributed by atoms with E-state index in [0.29, 0.717) is 12.2 Å². The van der Waals surface area contributed by atoms with Gasteiger partial charge in [-0.3, -0.25) is 4.79 Å². The monoisotopic (exact) mass is 270 g/mol. The third-order valence-electron chi connectivity index (χ3n) is 5.44. The molecule has 0 amide bonds. The number of Topliss-reactive ketones (excluding diaryl/α,β-unsaturated/α-hetero) is 1. The lowest BCUT2D eigenvalue weighted by molar-refractivity contribution is -0.127. The minimum atomic E-state index is 0.200. The van der Waals surface area contributed by atoms with Gasteiger partial charge in [-0.1, -0.05) is 44.9 Å². The molecule has 2 aliphatic rings. The summed E-state index contributed by atoms with van der Waals surface area (Å²) in [5, 5.41) is 0. The molecule has 1 saturated carbocycles. The van der Waals surface area contributed by atoms with Crippen LogP contribution in [0.2, 0.25) is 0 Å². The predicted molar refractivity (Wildman–Crippen MR) is 82.9 cm³/mol. The first-order chi connectivity index (χ1) is 9.56. The van der Waals surface area contributed by atoms with Gasteiger partial charge in [-0.25, -0.2) is 0 Å². The predicted octanol–water partition coefficient (Wildman–Crippen LogP) is 4.50. The molecular formula is C19H26O. The first-order valence-corrected chi connectivity index (χ1v) is 8.20. The Morgan fingerprint density at radius 3 is 2.75 bits per heavy atom. The number of carbonyl (C=O) groups excluding carboxylic acids is 1. The van der Waals surface area contributed by atoms with E-state index in [1.807, 2.05) is 0 Å². The number of aryl methyl sites for hydroxylation is 2. The standard InChI is InChI=1S/C19H26O/c1-19(2)11-4-3-8-17(19)18(20)13-14-9-10-15-6-5-7-16(15)12-14/h9-10,12,17H,3-8,11,13H2,1-2H3. The van der Waals surface area contributed by atoms with E-state index in [1.165, 1.54) is 55.2 Å². The van der Waals surface area contributed by atoms with Crippen molar-refractivity contribution in [3.05, 3.63) is 34.9 Å². The van der Waals surface area contributed by atoms with Crippen molar-refractivity contribution in [2.45, 2.75) is 65.2 Å². The summed E-state index contributed by atoms with van der Waals surface area (Å²) in [5.41, 5.74) is 4.42. The molecule has 20 heavy (non-hydrogen) atoms. The van der Waals surface area contributed by atoms with Gasteiger partial charge in [0.25, 0.3) is 0 Å². The van der Waals surface area contributed by atoms with Crippen LogP contribution in [0.5, 0.6) is 0 Å². The highest BCUT2D eigenvalue weighted by atomic mass is 16.1. The van der Waals surface area contributed by atoms with Crippen LogP contribution < -0.4 is 0 Å². The Morgan fingerprint density at radius 1 is 1.15 bits per heavy atom. The Hall–Kier alpha value is -1.11. The molecule has 1 atom stereocenters. The molecule has 0 spiro atoms. The topological polar surface area (TPSA) is 17.1 Å². The molecule has 1 unspecified atom stereocenters. The first kappa shape index (κ1) is 13.9. The summed E-state index contributed by atoms with van der Waals surface area (Å²) in [6.45, 7) is 4.55. The van der Waals surface area contributed by atoms with Crippen molar-refractivity contribution in [2.24, 2.45) is 11.3 Å². The van der Waals surface area contributed by atoms with Crippen LogP contribution in [0.1, 0.15) is 62.6 Å². The van der Waals surface area contributed by atoms with Crippen LogP contribution in [0.15, 0.2) is 18.2 Å². The van der Waals surface area contributed by atoms with Crippen molar-refractivity contribution in [1.82, 2.24) is 0 Å². The molecule has 0 heterocycles. The molecule has 2 aliphatic carbocycles. The third kappa shape index (κ3) is 2.68. The van der Waals surface area contributed by atoms with Gasteiger partial charge >= 0.3 is 0 Å². The minimum absolute atomic E-state index is 0.200. The van der Waals surface area contributed by atoms with Gasteiger partial charge in [0.05, 0.1) is 0 Å². The number of hydrogen-bond donors (Lipinski definition) is 0. The molecule has 1 aromatic carbocycles. The Kier molecular flexibility index (Phi) is 3.70. The third-order valence-corrected chi connectivity index (χ3v) is 5.44. The molecule has 1 heteroatoms. The quantitative estimate of drug-likeness (QED) is 0.790. The zero-order chi connectivity index (χ0) is 14.2. The van der Waals surface area contributed by atoms with E-state index < -0.39 is 0 Å². The van der Waals surface area contributed by atoms with Crippen LogP contribution >= 0.6 is 0 Å². The van der Waals surface area contributed by atoms with Gasteiger partial charge in [-0.15, -0.1) is 0 Å². The SMILES string of the molecule is CC1(C)CCCCC1C(=O)Cc1ccc2c(c1)CCC2. The van der Waals surface area contributed by atoms with Gasteiger partial charge < -0.3 is 0 Å². The number of fused-ring (bicyclic) bond motifs is 1. The first-order valence-electron chi connectivity index (χ1n) is 8.20. The largest absolute Gasteiger partial charge is 0.299 e. The highest BCUT2D eigenvalue weighted by Crippen LogP contribution is 2.41. The van der Waals surface area contributed by atoms with Gasteiger partial charge in [0.1, 0.15) is 5.78 Å². The van der Waals surface area contributed by atoms with Crippen molar-refractivity contribution < 1.29 is 4.79 Å². The van der Waals surface area contributed by atoms with Gasteiger partial charge in [0, 0.05) is 12.3 Å². The van der Waals surface area contributed by atoms with E-state index in [4.69, 9.17) is 0 Å². The molecule has 3 rings (SSSR count). The summed E-state index contributed by atoms with van der Waals surface area (Å²) in [7, 11) is 0. The summed E-state index contributed by atoms with van der Waals surface area (Å²) < 4.78 is 0. The molecule has 0 saturated heterocycles. The fourth-order valence-electron chi connectivity index (χ4n) is 4.15. The molecule has 1 aromatic rings. The fraction of sp³-hybridized carbons (Fsp3) is 0.632. The van der Waals surface area contributed by atoms with Crippen molar-refractivity contribution >= 4 is 5.78 Å². The van der Waals surface area contributed by atoms with E-state index in [0.717, 1.165) is 6.42 Å². The average molecular weight is 270 g/mol. The second kappa shape index (κ2) is 5.35.